The number of aromatic nitrogens is 3. The van der Waals surface area contributed by atoms with Crippen molar-refractivity contribution in [1.29, 1.82) is 5.26 Å². The average molecular weight is 445 g/mol. The Kier molecular flexibility index (Phi) is 6.43. The Hall–Kier alpha value is -3.70. The fourth-order valence-electron chi connectivity index (χ4n) is 4.22. The summed E-state index contributed by atoms with van der Waals surface area (Å²) in [5.41, 5.74) is 2.76. The van der Waals surface area contributed by atoms with Crippen LogP contribution in [0.3, 0.4) is 0 Å². The number of amides is 1. The third-order valence-electron chi connectivity index (χ3n) is 6.19. The Morgan fingerprint density at radius 3 is 2.70 bits per heavy atom. The SMILES string of the molecule is CC(C)N1CCN(C(=O)c2ccc(-c3cc(=O)n(Cc4ccccc4C#N)[nH]3)nc2)[C@@H](C)C1. The summed E-state index contributed by atoms with van der Waals surface area (Å²) < 4.78 is 1.45. The second-order valence-corrected chi connectivity index (χ2v) is 8.73. The molecule has 8 nitrogen and oxygen atoms in total. The number of hydrogen-bond acceptors (Lipinski definition) is 5. The molecule has 0 aliphatic carbocycles. The van der Waals surface area contributed by atoms with Gasteiger partial charge in [0, 0.05) is 44.0 Å². The zero-order chi connectivity index (χ0) is 23.5. The number of nitrogens with one attached hydrogen (secondary N) is 1. The zero-order valence-corrected chi connectivity index (χ0v) is 19.2. The van der Waals surface area contributed by atoms with Crippen LogP contribution in [-0.4, -0.2) is 62.2 Å². The largest absolute Gasteiger partial charge is 0.333 e. The van der Waals surface area contributed by atoms with Gasteiger partial charge in [-0.3, -0.25) is 24.6 Å². The van der Waals surface area contributed by atoms with Crippen molar-refractivity contribution in [3.8, 4) is 17.5 Å². The van der Waals surface area contributed by atoms with Crippen molar-refractivity contribution in [1.82, 2.24) is 24.6 Å². The van der Waals surface area contributed by atoms with E-state index in [1.54, 1.807) is 30.5 Å². The fourth-order valence-corrected chi connectivity index (χ4v) is 4.22. The van der Waals surface area contributed by atoms with Crippen LogP contribution in [0.25, 0.3) is 11.4 Å². The highest BCUT2D eigenvalue weighted by Crippen LogP contribution is 2.18. The molecule has 1 fully saturated rings. The van der Waals surface area contributed by atoms with Gasteiger partial charge in [0.05, 0.1) is 35.1 Å². The van der Waals surface area contributed by atoms with Crippen molar-refractivity contribution in [3.63, 3.8) is 0 Å². The minimum Gasteiger partial charge on any atom is -0.333 e. The molecule has 0 saturated carbocycles. The average Bonchev–Trinajstić information content (AvgIpc) is 3.19. The highest BCUT2D eigenvalue weighted by atomic mass is 16.2. The monoisotopic (exact) mass is 444 g/mol. The molecule has 0 radical (unpaired) electrons. The number of H-pyrrole nitrogens is 1. The Morgan fingerprint density at radius 2 is 2.03 bits per heavy atom. The standard InChI is InChI=1S/C25H28N6O2/c1-17(2)29-10-11-30(18(3)15-29)25(33)20-8-9-22(27-14-20)23-12-24(32)31(28-23)16-21-7-5-4-6-19(21)13-26/h4-9,12,14,17-18,28H,10-11,15-16H2,1-3H3/t18-/m0/s1. The second-order valence-electron chi connectivity index (χ2n) is 8.73. The highest BCUT2D eigenvalue weighted by Gasteiger charge is 2.29. The van der Waals surface area contributed by atoms with Gasteiger partial charge in [0.2, 0.25) is 0 Å². The highest BCUT2D eigenvalue weighted by molar-refractivity contribution is 5.94. The number of aromatic amines is 1. The van der Waals surface area contributed by atoms with E-state index in [9.17, 15) is 14.9 Å². The summed E-state index contributed by atoms with van der Waals surface area (Å²) in [4.78, 5) is 34.2. The van der Waals surface area contributed by atoms with Crippen LogP contribution in [0.4, 0.5) is 0 Å². The summed E-state index contributed by atoms with van der Waals surface area (Å²) >= 11 is 0. The molecule has 3 aromatic rings. The summed E-state index contributed by atoms with van der Waals surface area (Å²) in [7, 11) is 0. The molecule has 8 heteroatoms. The summed E-state index contributed by atoms with van der Waals surface area (Å²) in [6, 6.07) is 14.9. The number of pyridine rings is 1. The van der Waals surface area contributed by atoms with E-state index in [1.165, 1.54) is 10.7 Å². The van der Waals surface area contributed by atoms with Gasteiger partial charge in [-0.2, -0.15) is 5.26 Å². The van der Waals surface area contributed by atoms with Gasteiger partial charge in [-0.25, -0.2) is 4.68 Å². The first-order chi connectivity index (χ1) is 15.9. The maximum Gasteiger partial charge on any atom is 0.267 e. The van der Waals surface area contributed by atoms with E-state index in [0.29, 0.717) is 35.1 Å². The van der Waals surface area contributed by atoms with Crippen LogP contribution in [0.2, 0.25) is 0 Å². The third-order valence-corrected chi connectivity index (χ3v) is 6.19. The van der Waals surface area contributed by atoms with Crippen LogP contribution >= 0.6 is 0 Å². The van der Waals surface area contributed by atoms with Gasteiger partial charge in [0.15, 0.2) is 0 Å². The van der Waals surface area contributed by atoms with Gasteiger partial charge in [-0.15, -0.1) is 0 Å². The van der Waals surface area contributed by atoms with Crippen LogP contribution in [0.1, 0.15) is 42.3 Å². The molecule has 1 aromatic carbocycles. The fraction of sp³-hybridized carbons (Fsp3) is 0.360. The van der Waals surface area contributed by atoms with Crippen LogP contribution in [0.5, 0.6) is 0 Å². The first-order valence-electron chi connectivity index (χ1n) is 11.2. The lowest BCUT2D eigenvalue weighted by molar-refractivity contribution is 0.0425. The maximum atomic E-state index is 13.0. The molecule has 0 spiro atoms. The summed E-state index contributed by atoms with van der Waals surface area (Å²) in [5, 5.41) is 12.3. The van der Waals surface area contributed by atoms with E-state index in [1.807, 2.05) is 17.0 Å². The topological polar surface area (TPSA) is 98.0 Å². The maximum absolute atomic E-state index is 13.0. The number of carbonyl (C=O) groups excluding carboxylic acids is 1. The molecule has 1 amide bonds. The van der Waals surface area contributed by atoms with Crippen LogP contribution in [0.15, 0.2) is 53.5 Å². The minimum absolute atomic E-state index is 0.0240. The number of benzene rings is 1. The van der Waals surface area contributed by atoms with E-state index < -0.39 is 0 Å². The van der Waals surface area contributed by atoms with Gasteiger partial charge in [0.1, 0.15) is 0 Å². The predicted octanol–water partition coefficient (Wildman–Crippen LogP) is 2.71. The molecule has 170 valence electrons. The van der Waals surface area contributed by atoms with E-state index in [4.69, 9.17) is 0 Å². The normalized spacial score (nSPS) is 16.7. The Balaban J connectivity index is 1.49. The molecule has 4 rings (SSSR count). The number of hydrogen-bond donors (Lipinski definition) is 1. The summed E-state index contributed by atoms with van der Waals surface area (Å²) in [6.07, 6.45) is 1.57. The van der Waals surface area contributed by atoms with Crippen LogP contribution in [0, 0.1) is 11.3 Å². The van der Waals surface area contributed by atoms with Crippen LogP contribution in [-0.2, 0) is 6.54 Å². The van der Waals surface area contributed by atoms with Crippen molar-refractivity contribution < 1.29 is 4.79 Å². The number of carbonyl (C=O) groups is 1. The molecule has 1 N–H and O–H groups in total. The molecule has 1 saturated heterocycles. The number of nitriles is 1. The molecular weight excluding hydrogens is 416 g/mol. The van der Waals surface area contributed by atoms with Crippen molar-refractivity contribution in [2.45, 2.75) is 39.4 Å². The van der Waals surface area contributed by atoms with E-state index in [-0.39, 0.29) is 24.1 Å². The van der Waals surface area contributed by atoms with E-state index in [2.05, 4.69) is 41.8 Å². The summed E-state index contributed by atoms with van der Waals surface area (Å²) in [6.45, 7) is 9.10. The predicted molar refractivity (Wildman–Crippen MR) is 126 cm³/mol. The van der Waals surface area contributed by atoms with Gasteiger partial charge in [-0.1, -0.05) is 18.2 Å². The van der Waals surface area contributed by atoms with Gasteiger partial charge >= 0.3 is 0 Å². The Bertz CT molecular complexity index is 1230. The van der Waals surface area contributed by atoms with Crippen LogP contribution < -0.4 is 5.56 Å². The first-order valence-corrected chi connectivity index (χ1v) is 11.2. The molecular formula is C25H28N6O2. The molecule has 1 aliphatic heterocycles. The number of piperazine rings is 1. The van der Waals surface area contributed by atoms with E-state index >= 15 is 0 Å². The lowest BCUT2D eigenvalue weighted by Crippen LogP contribution is -2.55. The summed E-state index contributed by atoms with van der Waals surface area (Å²) in [5.74, 6) is -0.0240. The first kappa shape index (κ1) is 22.5. The molecule has 1 aliphatic rings. The van der Waals surface area contributed by atoms with Gasteiger partial charge < -0.3 is 4.90 Å². The van der Waals surface area contributed by atoms with E-state index in [0.717, 1.165) is 18.7 Å². The number of rotatable bonds is 5. The molecule has 0 bridgehead atoms. The third kappa shape index (κ3) is 4.73. The zero-order valence-electron chi connectivity index (χ0n) is 19.2. The van der Waals surface area contributed by atoms with Crippen molar-refractivity contribution >= 4 is 5.91 Å². The molecule has 33 heavy (non-hydrogen) atoms. The Morgan fingerprint density at radius 1 is 1.24 bits per heavy atom. The van der Waals surface area contributed by atoms with Gasteiger partial charge in [0.25, 0.3) is 11.5 Å². The molecule has 0 unspecified atom stereocenters. The molecule has 2 aromatic heterocycles. The Labute approximate surface area is 193 Å². The van der Waals surface area contributed by atoms with Crippen molar-refractivity contribution in [3.05, 3.63) is 75.7 Å². The quantitative estimate of drug-likeness (QED) is 0.653. The smallest absolute Gasteiger partial charge is 0.267 e. The molecule has 1 atom stereocenters. The number of nitrogens with zero attached hydrogens (tertiary/aromatic N) is 5. The van der Waals surface area contributed by atoms with Crippen molar-refractivity contribution in [2.75, 3.05) is 19.6 Å². The lowest BCUT2D eigenvalue weighted by atomic mass is 10.1. The lowest BCUT2D eigenvalue weighted by Gasteiger charge is -2.41. The van der Waals surface area contributed by atoms with Gasteiger partial charge in [-0.05, 0) is 44.5 Å². The molecule has 3 heterocycles. The minimum atomic E-state index is -0.212. The second kappa shape index (κ2) is 9.43. The van der Waals surface area contributed by atoms with Crippen molar-refractivity contribution in [2.24, 2.45) is 0 Å².